The first-order valence-corrected chi connectivity index (χ1v) is 8.85. The van der Waals surface area contributed by atoms with Gasteiger partial charge in [-0.05, 0) is 43.5 Å². The van der Waals surface area contributed by atoms with Crippen molar-refractivity contribution in [3.63, 3.8) is 0 Å². The quantitative estimate of drug-likeness (QED) is 0.871. The summed E-state index contributed by atoms with van der Waals surface area (Å²) >= 11 is 3.66. The van der Waals surface area contributed by atoms with Crippen molar-refractivity contribution >= 4 is 15.9 Å². The Morgan fingerprint density at radius 2 is 2.29 bits per heavy atom. The molecule has 1 fully saturated rings. The summed E-state index contributed by atoms with van der Waals surface area (Å²) in [6, 6.07) is 4.75. The van der Waals surface area contributed by atoms with Crippen LogP contribution in [-0.2, 0) is 11.2 Å². The van der Waals surface area contributed by atoms with Gasteiger partial charge in [0.05, 0.1) is 13.2 Å². The molecule has 2 unspecified atom stereocenters. The molecule has 2 atom stereocenters. The van der Waals surface area contributed by atoms with Crippen LogP contribution in [0.15, 0.2) is 16.6 Å². The van der Waals surface area contributed by atoms with Crippen molar-refractivity contribution < 1.29 is 9.47 Å². The number of rotatable bonds is 5. The smallest absolute Gasteiger partial charge is 0.127 e. The minimum atomic E-state index is 0.328. The summed E-state index contributed by atoms with van der Waals surface area (Å²) in [6.07, 6.45) is 4.54. The molecular weight excluding hydrogens is 330 g/mol. The van der Waals surface area contributed by atoms with Gasteiger partial charge in [0.2, 0.25) is 0 Å². The van der Waals surface area contributed by atoms with Gasteiger partial charge in [-0.15, -0.1) is 0 Å². The van der Waals surface area contributed by atoms with Crippen LogP contribution in [0.1, 0.15) is 43.4 Å². The SMILES string of the molecule is CCCNC(c1cc(Br)cc2c1OCC2)C1CCCOC1. The number of fused-ring (bicyclic) bond motifs is 1. The molecule has 1 N–H and O–H groups in total. The summed E-state index contributed by atoms with van der Waals surface area (Å²) in [5, 5.41) is 3.73. The monoisotopic (exact) mass is 353 g/mol. The molecule has 0 saturated carbocycles. The van der Waals surface area contributed by atoms with Crippen molar-refractivity contribution in [1.29, 1.82) is 0 Å². The number of ether oxygens (including phenoxy) is 2. The van der Waals surface area contributed by atoms with Crippen molar-refractivity contribution in [3.05, 3.63) is 27.7 Å². The van der Waals surface area contributed by atoms with Gasteiger partial charge >= 0.3 is 0 Å². The first kappa shape index (κ1) is 15.3. The Bertz CT molecular complexity index is 486. The van der Waals surface area contributed by atoms with Crippen molar-refractivity contribution in [3.8, 4) is 5.75 Å². The Kier molecular flexibility index (Phi) is 5.19. The summed E-state index contributed by atoms with van der Waals surface area (Å²) in [5.41, 5.74) is 2.64. The molecule has 0 bridgehead atoms. The molecule has 3 nitrogen and oxygen atoms in total. The van der Waals surface area contributed by atoms with Crippen molar-refractivity contribution in [2.75, 3.05) is 26.4 Å². The van der Waals surface area contributed by atoms with Crippen LogP contribution < -0.4 is 10.1 Å². The minimum absolute atomic E-state index is 0.328. The zero-order valence-corrected chi connectivity index (χ0v) is 14.2. The van der Waals surface area contributed by atoms with Crippen LogP contribution in [-0.4, -0.2) is 26.4 Å². The van der Waals surface area contributed by atoms with Gasteiger partial charge in [-0.2, -0.15) is 0 Å². The fourth-order valence-corrected chi connectivity index (χ4v) is 3.91. The second kappa shape index (κ2) is 7.12. The van der Waals surface area contributed by atoms with E-state index in [9.17, 15) is 0 Å². The summed E-state index contributed by atoms with van der Waals surface area (Å²) < 4.78 is 12.8. The van der Waals surface area contributed by atoms with Crippen molar-refractivity contribution in [2.24, 2.45) is 5.92 Å². The van der Waals surface area contributed by atoms with E-state index in [2.05, 4.69) is 40.3 Å². The van der Waals surface area contributed by atoms with Crippen LogP contribution in [0, 0.1) is 5.92 Å². The summed E-state index contributed by atoms with van der Waals surface area (Å²) in [6.45, 7) is 5.80. The van der Waals surface area contributed by atoms with Gasteiger partial charge in [0.15, 0.2) is 0 Å². The molecular formula is C17H24BrNO2. The maximum atomic E-state index is 5.93. The Morgan fingerprint density at radius 3 is 3.05 bits per heavy atom. The van der Waals surface area contributed by atoms with Crippen LogP contribution >= 0.6 is 15.9 Å². The van der Waals surface area contributed by atoms with Crippen LogP contribution in [0.3, 0.4) is 0 Å². The highest BCUT2D eigenvalue weighted by molar-refractivity contribution is 9.10. The van der Waals surface area contributed by atoms with Gasteiger partial charge in [-0.1, -0.05) is 22.9 Å². The van der Waals surface area contributed by atoms with E-state index >= 15 is 0 Å². The summed E-state index contributed by atoms with van der Waals surface area (Å²) in [5.74, 6) is 1.64. The Balaban J connectivity index is 1.91. The van der Waals surface area contributed by atoms with Gasteiger partial charge in [0.25, 0.3) is 0 Å². The largest absolute Gasteiger partial charge is 0.493 e. The van der Waals surface area contributed by atoms with Crippen LogP contribution in [0.4, 0.5) is 0 Å². The van der Waals surface area contributed by atoms with Crippen LogP contribution in [0.5, 0.6) is 5.75 Å². The molecule has 116 valence electrons. The van der Waals surface area contributed by atoms with E-state index in [1.807, 2.05) is 0 Å². The van der Waals surface area contributed by atoms with E-state index in [4.69, 9.17) is 9.47 Å². The summed E-state index contributed by atoms with van der Waals surface area (Å²) in [4.78, 5) is 0. The lowest BCUT2D eigenvalue weighted by Gasteiger charge is -2.32. The van der Waals surface area contributed by atoms with Gasteiger partial charge in [0.1, 0.15) is 5.75 Å². The van der Waals surface area contributed by atoms with Crippen LogP contribution in [0.25, 0.3) is 0 Å². The maximum Gasteiger partial charge on any atom is 0.127 e. The third-order valence-electron chi connectivity index (χ3n) is 4.39. The summed E-state index contributed by atoms with van der Waals surface area (Å²) in [7, 11) is 0. The van der Waals surface area contributed by atoms with Gasteiger partial charge < -0.3 is 14.8 Å². The maximum absolute atomic E-state index is 5.93. The number of hydrogen-bond acceptors (Lipinski definition) is 3. The first-order chi connectivity index (χ1) is 10.3. The number of nitrogens with one attached hydrogen (secondary N) is 1. The Hall–Kier alpha value is -0.580. The average molecular weight is 354 g/mol. The molecule has 2 aliphatic rings. The fourth-order valence-electron chi connectivity index (χ4n) is 3.39. The number of hydrogen-bond donors (Lipinski definition) is 1. The van der Waals surface area contributed by atoms with E-state index in [-0.39, 0.29) is 0 Å². The second-order valence-corrected chi connectivity index (χ2v) is 6.91. The first-order valence-electron chi connectivity index (χ1n) is 8.06. The molecule has 1 aromatic carbocycles. The molecule has 1 saturated heterocycles. The van der Waals surface area contributed by atoms with Gasteiger partial charge in [0, 0.05) is 35.0 Å². The topological polar surface area (TPSA) is 30.5 Å². The van der Waals surface area contributed by atoms with E-state index in [1.165, 1.54) is 17.5 Å². The molecule has 0 spiro atoms. The van der Waals surface area contributed by atoms with Gasteiger partial charge in [-0.3, -0.25) is 0 Å². The van der Waals surface area contributed by atoms with E-state index in [0.717, 1.165) is 55.9 Å². The zero-order valence-electron chi connectivity index (χ0n) is 12.7. The highest BCUT2D eigenvalue weighted by Gasteiger charge is 2.30. The lowest BCUT2D eigenvalue weighted by molar-refractivity contribution is 0.0386. The molecule has 0 aliphatic carbocycles. The van der Waals surface area contributed by atoms with Gasteiger partial charge in [-0.25, -0.2) is 0 Å². The minimum Gasteiger partial charge on any atom is -0.493 e. The normalized spacial score (nSPS) is 22.7. The predicted octanol–water partition coefficient (Wildman–Crippen LogP) is 3.85. The molecule has 2 aliphatic heterocycles. The molecule has 4 heteroatoms. The zero-order chi connectivity index (χ0) is 14.7. The molecule has 21 heavy (non-hydrogen) atoms. The van der Waals surface area contributed by atoms with Crippen LogP contribution in [0.2, 0.25) is 0 Å². The third-order valence-corrected chi connectivity index (χ3v) is 4.85. The number of benzene rings is 1. The standard InChI is InChI=1S/C17H24BrNO2/c1-2-6-19-16(13-4-3-7-20-11-13)15-10-14(18)9-12-5-8-21-17(12)15/h9-10,13,16,19H,2-8,11H2,1H3. The molecule has 2 heterocycles. The average Bonchev–Trinajstić information content (AvgIpc) is 2.96. The van der Waals surface area contributed by atoms with Crippen molar-refractivity contribution in [1.82, 2.24) is 5.32 Å². The third kappa shape index (κ3) is 3.43. The fraction of sp³-hybridized carbons (Fsp3) is 0.647. The second-order valence-electron chi connectivity index (χ2n) is 5.99. The van der Waals surface area contributed by atoms with E-state index in [1.54, 1.807) is 0 Å². The van der Waals surface area contributed by atoms with E-state index in [0.29, 0.717) is 12.0 Å². The Labute approximate surface area is 135 Å². The highest BCUT2D eigenvalue weighted by atomic mass is 79.9. The predicted molar refractivity (Wildman–Crippen MR) is 87.9 cm³/mol. The Morgan fingerprint density at radius 1 is 1.38 bits per heavy atom. The molecule has 0 aromatic heterocycles. The molecule has 0 radical (unpaired) electrons. The van der Waals surface area contributed by atoms with Crippen molar-refractivity contribution in [2.45, 2.75) is 38.6 Å². The lowest BCUT2D eigenvalue weighted by Crippen LogP contribution is -2.34. The number of halogens is 1. The molecule has 0 amide bonds. The molecule has 3 rings (SSSR count). The highest BCUT2D eigenvalue weighted by Crippen LogP contribution is 2.40. The van der Waals surface area contributed by atoms with E-state index < -0.39 is 0 Å². The lowest BCUT2D eigenvalue weighted by atomic mass is 9.87. The molecule has 1 aromatic rings.